The molecule has 0 radical (unpaired) electrons. The number of nitrogens with zero attached hydrogens (tertiary/aromatic N) is 5. The van der Waals surface area contributed by atoms with E-state index in [0.29, 0.717) is 5.69 Å². The lowest BCUT2D eigenvalue weighted by molar-refractivity contribution is -0.385. The monoisotopic (exact) mass is 402 g/mol. The summed E-state index contributed by atoms with van der Waals surface area (Å²) in [4.78, 5) is 23.2. The van der Waals surface area contributed by atoms with Crippen LogP contribution in [0.25, 0.3) is 11.6 Å². The Morgan fingerprint density at radius 2 is 1.93 bits per heavy atom. The average molecular weight is 402 g/mol. The predicted molar refractivity (Wildman–Crippen MR) is 100 cm³/mol. The zero-order chi connectivity index (χ0) is 21.1. The Morgan fingerprint density at radius 3 is 2.52 bits per heavy atom. The summed E-state index contributed by atoms with van der Waals surface area (Å²) in [6.07, 6.45) is 1.76. The van der Waals surface area contributed by atoms with Gasteiger partial charge in [-0.25, -0.2) is 0 Å². The van der Waals surface area contributed by atoms with E-state index in [1.807, 2.05) is 13.8 Å². The van der Waals surface area contributed by atoms with Crippen LogP contribution in [0.1, 0.15) is 30.2 Å². The maximum Gasteiger partial charge on any atom is 0.322 e. The summed E-state index contributed by atoms with van der Waals surface area (Å²) in [6.45, 7) is 3.93. The minimum atomic E-state index is -0.819. The number of rotatable bonds is 7. The van der Waals surface area contributed by atoms with Crippen LogP contribution in [0.4, 0.5) is 11.7 Å². The molecule has 1 amide bonds. The number of amides is 1. The van der Waals surface area contributed by atoms with Crippen molar-refractivity contribution in [3.05, 3.63) is 40.1 Å². The molecule has 1 N–H and O–H groups in total. The number of hydrogen-bond donors (Lipinski definition) is 1. The first-order chi connectivity index (χ1) is 13.8. The number of nitrogens with one attached hydrogen (secondary N) is 1. The molecule has 0 saturated carbocycles. The Labute approximate surface area is 164 Å². The molecule has 1 aromatic carbocycles. The normalized spacial score (nSPS) is 10.8. The largest absolute Gasteiger partial charge is 0.493 e. The van der Waals surface area contributed by atoms with E-state index in [9.17, 15) is 14.9 Å². The zero-order valence-electron chi connectivity index (χ0n) is 16.1. The number of nitro groups is 1. The Bertz CT molecular complexity index is 1060. The molecule has 0 aliphatic rings. The van der Waals surface area contributed by atoms with Gasteiger partial charge in [0.2, 0.25) is 0 Å². The van der Waals surface area contributed by atoms with Crippen LogP contribution in [0.5, 0.6) is 11.5 Å². The Morgan fingerprint density at radius 1 is 1.24 bits per heavy atom. The lowest BCUT2D eigenvalue weighted by atomic mass is 10.1. The van der Waals surface area contributed by atoms with E-state index in [2.05, 4.69) is 20.6 Å². The third-order valence-corrected chi connectivity index (χ3v) is 3.95. The number of carbonyl (C=O) groups is 1. The number of carbonyl (C=O) groups excluding carboxylic acids is 1. The van der Waals surface area contributed by atoms with Gasteiger partial charge in [0.05, 0.1) is 25.2 Å². The van der Waals surface area contributed by atoms with E-state index in [4.69, 9.17) is 13.9 Å². The average Bonchev–Trinajstić information content (AvgIpc) is 3.36. The van der Waals surface area contributed by atoms with Gasteiger partial charge >= 0.3 is 6.01 Å². The molecule has 12 nitrogen and oxygen atoms in total. The van der Waals surface area contributed by atoms with Gasteiger partial charge in [-0.1, -0.05) is 5.10 Å². The van der Waals surface area contributed by atoms with Crippen molar-refractivity contribution >= 4 is 17.6 Å². The zero-order valence-corrected chi connectivity index (χ0v) is 16.1. The van der Waals surface area contributed by atoms with Crippen molar-refractivity contribution in [2.75, 3.05) is 19.5 Å². The summed E-state index contributed by atoms with van der Waals surface area (Å²) in [7, 11) is 2.69. The van der Waals surface area contributed by atoms with Crippen molar-refractivity contribution in [1.82, 2.24) is 20.0 Å². The van der Waals surface area contributed by atoms with Crippen molar-refractivity contribution in [3.63, 3.8) is 0 Å². The number of hydrogen-bond acceptors (Lipinski definition) is 9. The third kappa shape index (κ3) is 4.00. The van der Waals surface area contributed by atoms with Crippen LogP contribution in [0.15, 0.2) is 28.8 Å². The second kappa shape index (κ2) is 7.96. The predicted octanol–water partition coefficient (Wildman–Crippen LogP) is 2.69. The van der Waals surface area contributed by atoms with Crippen molar-refractivity contribution in [1.29, 1.82) is 0 Å². The van der Waals surface area contributed by atoms with Gasteiger partial charge < -0.3 is 13.9 Å². The fraction of sp³-hybridized carbons (Fsp3) is 0.294. The van der Waals surface area contributed by atoms with Crippen LogP contribution in [0.2, 0.25) is 0 Å². The van der Waals surface area contributed by atoms with Crippen molar-refractivity contribution < 1.29 is 23.6 Å². The van der Waals surface area contributed by atoms with Crippen LogP contribution in [0, 0.1) is 10.1 Å². The summed E-state index contributed by atoms with van der Waals surface area (Å²) in [6, 6.07) is 3.92. The molecule has 29 heavy (non-hydrogen) atoms. The molecule has 2 aromatic heterocycles. The molecule has 2 heterocycles. The number of ether oxygens (including phenoxy) is 2. The number of anilines is 1. The van der Waals surface area contributed by atoms with Crippen LogP contribution in [-0.4, -0.2) is 45.0 Å². The molecule has 152 valence electrons. The molecule has 0 fully saturated rings. The summed E-state index contributed by atoms with van der Waals surface area (Å²) >= 11 is 0. The molecule has 0 aliphatic carbocycles. The molecule has 0 saturated heterocycles. The third-order valence-electron chi connectivity index (χ3n) is 3.95. The molecule has 0 bridgehead atoms. The highest BCUT2D eigenvalue weighted by atomic mass is 16.6. The number of aromatic nitrogens is 4. The number of methoxy groups -OCH3 is 2. The fourth-order valence-electron chi connectivity index (χ4n) is 2.48. The molecule has 0 aliphatic heterocycles. The molecule has 3 aromatic rings. The van der Waals surface area contributed by atoms with E-state index in [0.717, 1.165) is 6.07 Å². The summed E-state index contributed by atoms with van der Waals surface area (Å²) in [5.74, 6) is -0.438. The van der Waals surface area contributed by atoms with Gasteiger partial charge in [0.15, 0.2) is 11.5 Å². The molecule has 0 unspecified atom stereocenters. The number of nitro benzene ring substituents is 1. The van der Waals surface area contributed by atoms with Crippen molar-refractivity contribution in [3.8, 4) is 23.1 Å². The topological polar surface area (TPSA) is 147 Å². The minimum Gasteiger partial charge on any atom is -0.493 e. The van der Waals surface area contributed by atoms with Gasteiger partial charge in [-0.05, 0) is 19.9 Å². The summed E-state index contributed by atoms with van der Waals surface area (Å²) in [5, 5.41) is 25.6. The van der Waals surface area contributed by atoms with E-state index in [1.165, 1.54) is 20.3 Å². The molecule has 0 spiro atoms. The van der Waals surface area contributed by atoms with Gasteiger partial charge in [0, 0.05) is 18.3 Å². The highest BCUT2D eigenvalue weighted by Gasteiger charge is 2.26. The Kier molecular flexibility index (Phi) is 5.43. The van der Waals surface area contributed by atoms with Gasteiger partial charge in [0.25, 0.3) is 17.5 Å². The maximum absolute atomic E-state index is 12.6. The molecule has 3 rings (SSSR count). The van der Waals surface area contributed by atoms with Gasteiger partial charge in [-0.2, -0.15) is 5.10 Å². The summed E-state index contributed by atoms with van der Waals surface area (Å²) in [5.41, 5.74) is -0.282. The van der Waals surface area contributed by atoms with Crippen LogP contribution >= 0.6 is 0 Å². The Hall–Kier alpha value is -3.96. The number of benzene rings is 1. The molecule has 0 atom stereocenters. The van der Waals surface area contributed by atoms with Crippen molar-refractivity contribution in [2.45, 2.75) is 19.9 Å². The standard InChI is InChI=1S/C17H18N6O6/c1-9(2)22-6-5-11(21-22)16-19-20-17(29-16)18-15(24)10-7-13(27-3)14(28-4)8-12(10)23(25)26/h5-9H,1-4H3,(H,18,20,24). The first-order valence-electron chi connectivity index (χ1n) is 8.44. The van der Waals surface area contributed by atoms with Gasteiger partial charge in [-0.3, -0.25) is 24.9 Å². The van der Waals surface area contributed by atoms with E-state index in [-0.39, 0.29) is 35.0 Å². The quantitative estimate of drug-likeness (QED) is 0.465. The van der Waals surface area contributed by atoms with E-state index >= 15 is 0 Å². The van der Waals surface area contributed by atoms with Crippen LogP contribution in [0.3, 0.4) is 0 Å². The minimum absolute atomic E-state index is 0.0986. The maximum atomic E-state index is 12.6. The Balaban J connectivity index is 1.87. The van der Waals surface area contributed by atoms with Crippen LogP contribution in [-0.2, 0) is 0 Å². The van der Waals surface area contributed by atoms with E-state index in [1.54, 1.807) is 16.9 Å². The molecule has 12 heteroatoms. The first kappa shape index (κ1) is 19.8. The van der Waals surface area contributed by atoms with E-state index < -0.39 is 16.5 Å². The highest BCUT2D eigenvalue weighted by molar-refractivity contribution is 6.06. The fourth-order valence-corrected chi connectivity index (χ4v) is 2.48. The van der Waals surface area contributed by atoms with Crippen LogP contribution < -0.4 is 14.8 Å². The summed E-state index contributed by atoms with van der Waals surface area (Å²) < 4.78 is 17.3. The van der Waals surface area contributed by atoms with Crippen molar-refractivity contribution in [2.24, 2.45) is 0 Å². The molecular weight excluding hydrogens is 384 g/mol. The smallest absolute Gasteiger partial charge is 0.322 e. The second-order valence-electron chi connectivity index (χ2n) is 6.12. The molecular formula is C17H18N6O6. The highest BCUT2D eigenvalue weighted by Crippen LogP contribution is 2.34. The first-order valence-corrected chi connectivity index (χ1v) is 8.44. The lowest BCUT2D eigenvalue weighted by Crippen LogP contribution is -2.14. The second-order valence-corrected chi connectivity index (χ2v) is 6.12. The SMILES string of the molecule is COc1cc(C(=O)Nc2nnc(-c3ccn(C(C)C)n3)o2)c([N+](=O)[O-])cc1OC. The van der Waals surface area contributed by atoms with Gasteiger partial charge in [0.1, 0.15) is 11.3 Å². The van der Waals surface area contributed by atoms with Gasteiger partial charge in [-0.15, -0.1) is 5.10 Å². The lowest BCUT2D eigenvalue weighted by Gasteiger charge is -2.09.